The third kappa shape index (κ3) is 5.83. The van der Waals surface area contributed by atoms with Crippen molar-refractivity contribution in [3.05, 3.63) is 58.6 Å². The zero-order valence-corrected chi connectivity index (χ0v) is 15.9. The number of carbonyl (C=O) groups is 2. The van der Waals surface area contributed by atoms with Crippen LogP contribution in [0.2, 0.25) is 0 Å². The molecule has 0 spiro atoms. The topological polar surface area (TPSA) is 144 Å². The molecule has 0 aliphatic carbocycles. The molecule has 0 heterocycles. The summed E-state index contributed by atoms with van der Waals surface area (Å²) in [6.07, 6.45) is -0.0592. The second-order valence-corrected chi connectivity index (χ2v) is 7.91. The van der Waals surface area contributed by atoms with Gasteiger partial charge in [0.2, 0.25) is 15.9 Å². The number of urea groups is 1. The maximum Gasteiger partial charge on any atom is 0.312 e. The smallest absolute Gasteiger partial charge is 0.312 e. The minimum Gasteiger partial charge on any atom is -0.352 e. The molecule has 0 unspecified atom stereocenters. The Bertz CT molecular complexity index is 916. The lowest BCUT2D eigenvalue weighted by Crippen LogP contribution is -2.35. The SMILES string of the molecule is NC(=O)N[C@H](CC(=O)Nc1ccc(S(N)(=O)=O)cc1)c1cccc(Br)c1. The first-order valence-corrected chi connectivity index (χ1v) is 9.73. The van der Waals surface area contributed by atoms with Crippen molar-refractivity contribution in [2.45, 2.75) is 17.4 Å². The summed E-state index contributed by atoms with van der Waals surface area (Å²) in [5.74, 6) is -0.382. The lowest BCUT2D eigenvalue weighted by Gasteiger charge is -2.18. The summed E-state index contributed by atoms with van der Waals surface area (Å²) in [7, 11) is -3.80. The van der Waals surface area contributed by atoms with Gasteiger partial charge in [-0.05, 0) is 42.0 Å². The Balaban J connectivity index is 2.10. The van der Waals surface area contributed by atoms with Gasteiger partial charge in [-0.15, -0.1) is 0 Å². The zero-order chi connectivity index (χ0) is 19.3. The Hall–Kier alpha value is -2.43. The summed E-state index contributed by atoms with van der Waals surface area (Å²) in [5.41, 5.74) is 6.30. The molecule has 0 aromatic heterocycles. The number of anilines is 1. The van der Waals surface area contributed by atoms with Crippen LogP contribution in [0.15, 0.2) is 57.9 Å². The number of amides is 3. The third-order valence-corrected chi connectivity index (χ3v) is 4.85. The Kier molecular flexibility index (Phi) is 6.35. The van der Waals surface area contributed by atoms with Gasteiger partial charge in [0.05, 0.1) is 17.4 Å². The van der Waals surface area contributed by atoms with Gasteiger partial charge >= 0.3 is 6.03 Å². The van der Waals surface area contributed by atoms with Gasteiger partial charge in [0, 0.05) is 10.2 Å². The number of primary sulfonamides is 1. The van der Waals surface area contributed by atoms with Gasteiger partial charge < -0.3 is 16.4 Å². The molecule has 0 aliphatic rings. The number of carbonyl (C=O) groups excluding carboxylic acids is 2. The van der Waals surface area contributed by atoms with Crippen LogP contribution in [0.25, 0.3) is 0 Å². The molecule has 0 aliphatic heterocycles. The molecule has 2 rings (SSSR count). The Labute approximate surface area is 159 Å². The van der Waals surface area contributed by atoms with Crippen LogP contribution >= 0.6 is 15.9 Å². The molecule has 0 saturated carbocycles. The van der Waals surface area contributed by atoms with E-state index in [9.17, 15) is 18.0 Å². The number of hydrogen-bond acceptors (Lipinski definition) is 4. The number of primary amides is 1. The van der Waals surface area contributed by atoms with Gasteiger partial charge in [0.1, 0.15) is 0 Å². The number of nitrogens with two attached hydrogens (primary N) is 2. The van der Waals surface area contributed by atoms with E-state index in [1.54, 1.807) is 18.2 Å². The summed E-state index contributed by atoms with van der Waals surface area (Å²) < 4.78 is 23.3. The molecule has 2 aromatic rings. The summed E-state index contributed by atoms with van der Waals surface area (Å²) in [4.78, 5) is 23.5. The minimum absolute atomic E-state index is 0.0575. The highest BCUT2D eigenvalue weighted by atomic mass is 79.9. The molecule has 0 radical (unpaired) electrons. The quantitative estimate of drug-likeness (QED) is 0.542. The Morgan fingerprint density at radius 3 is 2.31 bits per heavy atom. The van der Waals surface area contributed by atoms with Crippen molar-refractivity contribution in [2.75, 3.05) is 5.32 Å². The lowest BCUT2D eigenvalue weighted by atomic mass is 10.0. The molecule has 0 bridgehead atoms. The molecule has 10 heteroatoms. The maximum absolute atomic E-state index is 12.3. The van der Waals surface area contributed by atoms with Crippen LogP contribution in [0.4, 0.5) is 10.5 Å². The van der Waals surface area contributed by atoms with E-state index in [1.165, 1.54) is 24.3 Å². The van der Waals surface area contributed by atoms with Crippen molar-refractivity contribution < 1.29 is 18.0 Å². The number of rotatable bonds is 6. The molecule has 8 nitrogen and oxygen atoms in total. The first-order valence-electron chi connectivity index (χ1n) is 7.39. The number of halogens is 1. The van der Waals surface area contributed by atoms with Gasteiger partial charge in [-0.25, -0.2) is 18.4 Å². The molecule has 1 atom stereocenters. The molecular formula is C16H17BrN4O4S. The number of sulfonamides is 1. The molecule has 26 heavy (non-hydrogen) atoms. The van der Waals surface area contributed by atoms with Gasteiger partial charge in [0.15, 0.2) is 0 Å². The summed E-state index contributed by atoms with van der Waals surface area (Å²) in [6.45, 7) is 0. The number of benzene rings is 2. The highest BCUT2D eigenvalue weighted by Crippen LogP contribution is 2.22. The van der Waals surface area contributed by atoms with Gasteiger partial charge in [0.25, 0.3) is 0 Å². The summed E-state index contributed by atoms with van der Waals surface area (Å²) >= 11 is 3.34. The predicted octanol–water partition coefficient (Wildman–Crippen LogP) is 1.83. The lowest BCUT2D eigenvalue weighted by molar-refractivity contribution is -0.116. The summed E-state index contributed by atoms with van der Waals surface area (Å²) in [6, 6.07) is 11.2. The molecular weight excluding hydrogens is 424 g/mol. The van der Waals surface area contributed by atoms with E-state index in [2.05, 4.69) is 26.6 Å². The van der Waals surface area contributed by atoms with E-state index in [0.29, 0.717) is 11.3 Å². The standard InChI is InChI=1S/C16H17BrN4O4S/c17-11-3-1-2-10(8-11)14(21-16(18)23)9-15(22)20-12-4-6-13(7-5-12)26(19,24)25/h1-8,14H,9H2,(H,20,22)(H3,18,21,23)(H2,19,24,25)/t14-/m1/s1. The van der Waals surface area contributed by atoms with Gasteiger partial charge in [-0.2, -0.15) is 0 Å². The highest BCUT2D eigenvalue weighted by Gasteiger charge is 2.18. The third-order valence-electron chi connectivity index (χ3n) is 3.42. The minimum atomic E-state index is -3.80. The van der Waals surface area contributed by atoms with E-state index < -0.39 is 22.1 Å². The summed E-state index contributed by atoms with van der Waals surface area (Å²) in [5, 5.41) is 10.2. The fourth-order valence-electron chi connectivity index (χ4n) is 2.27. The van der Waals surface area contributed by atoms with E-state index >= 15 is 0 Å². The van der Waals surface area contributed by atoms with E-state index in [4.69, 9.17) is 10.9 Å². The average molecular weight is 441 g/mol. The number of hydrogen-bond donors (Lipinski definition) is 4. The fourth-order valence-corrected chi connectivity index (χ4v) is 3.21. The van der Waals surface area contributed by atoms with Crippen molar-refractivity contribution in [3.63, 3.8) is 0 Å². The van der Waals surface area contributed by atoms with E-state index in [1.807, 2.05) is 6.07 Å². The molecule has 0 saturated heterocycles. The van der Waals surface area contributed by atoms with Gasteiger partial charge in [-0.3, -0.25) is 4.79 Å². The first-order chi connectivity index (χ1) is 12.1. The van der Waals surface area contributed by atoms with Crippen LogP contribution in [0.3, 0.4) is 0 Å². The number of nitrogens with one attached hydrogen (secondary N) is 2. The van der Waals surface area contributed by atoms with Crippen molar-refractivity contribution in [1.29, 1.82) is 0 Å². The first kappa shape index (κ1) is 19.9. The fraction of sp³-hybridized carbons (Fsp3) is 0.125. The van der Waals surface area contributed by atoms with Crippen molar-refractivity contribution in [2.24, 2.45) is 10.9 Å². The normalized spacial score (nSPS) is 12.2. The van der Waals surface area contributed by atoms with E-state index in [-0.39, 0.29) is 17.2 Å². The molecule has 6 N–H and O–H groups in total. The second kappa shape index (κ2) is 8.30. The Morgan fingerprint density at radius 1 is 1.12 bits per heavy atom. The van der Waals surface area contributed by atoms with E-state index in [0.717, 1.165) is 4.47 Å². The average Bonchev–Trinajstić information content (AvgIpc) is 2.53. The highest BCUT2D eigenvalue weighted by molar-refractivity contribution is 9.10. The van der Waals surface area contributed by atoms with Crippen molar-refractivity contribution in [1.82, 2.24) is 5.32 Å². The predicted molar refractivity (Wildman–Crippen MR) is 101 cm³/mol. The maximum atomic E-state index is 12.3. The Morgan fingerprint density at radius 2 is 1.77 bits per heavy atom. The van der Waals surface area contributed by atoms with Crippen LogP contribution in [-0.2, 0) is 14.8 Å². The molecule has 138 valence electrons. The van der Waals surface area contributed by atoms with Gasteiger partial charge in [-0.1, -0.05) is 28.1 Å². The molecule has 3 amide bonds. The monoisotopic (exact) mass is 440 g/mol. The van der Waals surface area contributed by atoms with Crippen molar-refractivity contribution >= 4 is 43.6 Å². The van der Waals surface area contributed by atoms with Crippen LogP contribution in [0, 0.1) is 0 Å². The largest absolute Gasteiger partial charge is 0.352 e. The zero-order valence-electron chi connectivity index (χ0n) is 13.5. The second-order valence-electron chi connectivity index (χ2n) is 5.44. The van der Waals surface area contributed by atoms with Crippen LogP contribution in [0.1, 0.15) is 18.0 Å². The van der Waals surface area contributed by atoms with Crippen molar-refractivity contribution in [3.8, 4) is 0 Å². The van der Waals surface area contributed by atoms with Crippen LogP contribution in [-0.4, -0.2) is 20.4 Å². The molecule has 2 aromatic carbocycles. The van der Waals surface area contributed by atoms with Crippen LogP contribution in [0.5, 0.6) is 0 Å². The van der Waals surface area contributed by atoms with Crippen LogP contribution < -0.4 is 21.5 Å². The molecule has 0 fully saturated rings.